The van der Waals surface area contributed by atoms with E-state index < -0.39 is 16.1 Å². The minimum Gasteiger partial charge on any atom is -0.342 e. The molecule has 3 nitrogen and oxygen atoms in total. The van der Waals surface area contributed by atoms with E-state index in [2.05, 4.69) is 78.4 Å². The molecule has 0 aliphatic rings. The number of pyridine rings is 1. The van der Waals surface area contributed by atoms with Gasteiger partial charge < -0.3 is 13.1 Å². The Bertz CT molecular complexity index is 1740. The van der Waals surface area contributed by atoms with E-state index in [9.17, 15) is 0 Å². The van der Waals surface area contributed by atoms with Crippen molar-refractivity contribution in [2.24, 2.45) is 9.98 Å². The topological polar surface area (TPSA) is 37.6 Å². The minimum absolute atomic E-state index is 0. The Kier molecular flexibility index (Phi) is 18.0. The van der Waals surface area contributed by atoms with Crippen LogP contribution in [0.5, 0.6) is 0 Å². The summed E-state index contributed by atoms with van der Waals surface area (Å²) in [6, 6.07) is 37.9. The first-order valence-electron chi connectivity index (χ1n) is 17.1. The molecule has 0 amide bonds. The molecule has 1 aromatic heterocycles. The molecule has 0 unspecified atom stereocenters. The SMILES string of the molecule is CCc1cccc(Cl)c1N=C(c1ccccc1)c1cccc(C(=Nc2c(Cl)cccc2CC)c2ccccc2)n1.[CH2-][Si](C)(C)C.[CH2-][Si](C)(C)C.[Fe+2]. The van der Waals surface area contributed by atoms with Crippen molar-refractivity contribution < 1.29 is 17.1 Å². The zero-order valence-corrected chi connectivity index (χ0v) is 35.9. The minimum atomic E-state index is -0.861. The van der Waals surface area contributed by atoms with Crippen molar-refractivity contribution in [3.63, 3.8) is 0 Å². The Balaban J connectivity index is 0.000000723. The number of aryl methyl sites for hydroxylation is 2. The van der Waals surface area contributed by atoms with Crippen LogP contribution in [0.1, 0.15) is 47.5 Å². The third-order valence-corrected chi connectivity index (χ3v) is 7.29. The zero-order chi connectivity index (χ0) is 36.9. The maximum absolute atomic E-state index is 6.66. The fourth-order valence-electron chi connectivity index (χ4n) is 4.59. The number of rotatable bonds is 8. The van der Waals surface area contributed by atoms with E-state index in [1.807, 2.05) is 103 Å². The van der Waals surface area contributed by atoms with Crippen molar-refractivity contribution in [3.8, 4) is 0 Å². The molecule has 0 aliphatic heterocycles. The van der Waals surface area contributed by atoms with Crippen molar-refractivity contribution in [3.05, 3.63) is 172 Å². The van der Waals surface area contributed by atoms with Crippen molar-refractivity contribution in [2.75, 3.05) is 0 Å². The molecule has 0 aliphatic carbocycles. The Morgan fingerprint density at radius 3 is 1.16 bits per heavy atom. The van der Waals surface area contributed by atoms with Crippen molar-refractivity contribution >= 4 is 62.1 Å². The van der Waals surface area contributed by atoms with Crippen molar-refractivity contribution in [1.82, 2.24) is 4.98 Å². The second-order valence-corrected chi connectivity index (χ2v) is 25.4. The summed E-state index contributed by atoms with van der Waals surface area (Å²) < 4.78 is 0. The molecule has 0 N–H and O–H groups in total. The Morgan fingerprint density at radius 1 is 0.529 bits per heavy atom. The quantitative estimate of drug-likeness (QED) is 0.0876. The smallest absolute Gasteiger partial charge is 0.342 e. The molecule has 0 radical (unpaired) electrons. The number of benzene rings is 4. The van der Waals surface area contributed by atoms with Crippen LogP contribution in [0.15, 0.2) is 125 Å². The molecular formula is C43H51Cl2FeN3Si2. The molecule has 0 bridgehead atoms. The van der Waals surface area contributed by atoms with Crippen molar-refractivity contribution in [1.29, 1.82) is 0 Å². The van der Waals surface area contributed by atoms with Crippen LogP contribution in [0.2, 0.25) is 49.3 Å². The second-order valence-electron chi connectivity index (χ2n) is 14.4. The van der Waals surface area contributed by atoms with E-state index in [-0.39, 0.29) is 17.1 Å². The fraction of sp³-hybridized carbons (Fsp3) is 0.233. The summed E-state index contributed by atoms with van der Waals surface area (Å²) in [5, 5.41) is 1.22. The van der Waals surface area contributed by atoms with Gasteiger partial charge in [0.2, 0.25) is 0 Å². The molecule has 1 heterocycles. The van der Waals surface area contributed by atoms with Gasteiger partial charge in [-0.05, 0) is 48.2 Å². The summed E-state index contributed by atoms with van der Waals surface area (Å²) in [6.07, 6.45) is 1.63. The van der Waals surface area contributed by atoms with Gasteiger partial charge in [0.1, 0.15) is 0 Å². The zero-order valence-electron chi connectivity index (χ0n) is 31.2. The maximum atomic E-state index is 6.66. The predicted octanol–water partition coefficient (Wildman–Crippen LogP) is 13.2. The van der Waals surface area contributed by atoms with Gasteiger partial charge in [0.05, 0.1) is 44.2 Å². The first-order chi connectivity index (χ1) is 23.6. The van der Waals surface area contributed by atoms with Gasteiger partial charge in [0.15, 0.2) is 0 Å². The molecule has 268 valence electrons. The van der Waals surface area contributed by atoms with Crippen LogP contribution in [-0.4, -0.2) is 32.6 Å². The monoisotopic (exact) mass is 791 g/mol. The molecule has 8 heteroatoms. The van der Waals surface area contributed by atoms with E-state index in [4.69, 9.17) is 38.2 Å². The van der Waals surface area contributed by atoms with Gasteiger partial charge >= 0.3 is 17.1 Å². The van der Waals surface area contributed by atoms with Gasteiger partial charge in [-0.25, -0.2) is 15.0 Å². The number of hydrogen-bond acceptors (Lipinski definition) is 3. The number of hydrogen-bond donors (Lipinski definition) is 0. The number of halogens is 2. The number of para-hydroxylation sites is 2. The first-order valence-corrected chi connectivity index (χ1v) is 25.3. The molecule has 5 aromatic rings. The van der Waals surface area contributed by atoms with Crippen LogP contribution < -0.4 is 0 Å². The van der Waals surface area contributed by atoms with E-state index in [1.54, 1.807) is 0 Å². The van der Waals surface area contributed by atoms with E-state index in [1.165, 1.54) is 0 Å². The van der Waals surface area contributed by atoms with Gasteiger partial charge in [-0.2, -0.15) is 0 Å². The Morgan fingerprint density at radius 2 is 0.843 bits per heavy atom. The van der Waals surface area contributed by atoms with Gasteiger partial charge in [0.25, 0.3) is 0 Å². The molecule has 0 fully saturated rings. The molecule has 0 saturated carbocycles. The van der Waals surface area contributed by atoms with E-state index in [0.717, 1.165) is 69.3 Å². The summed E-state index contributed by atoms with van der Waals surface area (Å²) in [4.78, 5) is 15.4. The third-order valence-electron chi connectivity index (χ3n) is 6.68. The third kappa shape index (κ3) is 15.2. The molecular weight excluding hydrogens is 741 g/mol. The van der Waals surface area contributed by atoms with Gasteiger partial charge in [-0.15, -0.1) is 16.1 Å². The van der Waals surface area contributed by atoms with Crippen molar-refractivity contribution in [2.45, 2.75) is 66.0 Å². The fourth-order valence-corrected chi connectivity index (χ4v) is 5.07. The normalized spacial score (nSPS) is 11.8. The summed E-state index contributed by atoms with van der Waals surface area (Å²) >= 11 is 13.3. The number of aromatic nitrogens is 1. The number of aliphatic imine (C=N–C) groups is 2. The van der Waals surface area contributed by atoms with Crippen LogP contribution in [0, 0.1) is 13.1 Å². The van der Waals surface area contributed by atoms with E-state index >= 15 is 0 Å². The van der Waals surface area contributed by atoms with E-state index in [0.29, 0.717) is 10.0 Å². The summed E-state index contributed by atoms with van der Waals surface area (Å²) in [6.45, 7) is 25.3. The number of nitrogens with zero attached hydrogens (tertiary/aromatic N) is 3. The molecule has 5 rings (SSSR count). The standard InChI is InChI=1S/C35H29Cl2N3.2C4H11Si.Fe/c1-3-24-18-11-20-28(36)32(24)39-34(26-14-7-5-8-15-26)30-22-13-23-31(38-30)35(27-16-9-6-10-17-27)40-33-25(4-2)19-12-21-29(33)37;2*1-5(2,3)4;/h5-23H,3-4H2,1-2H3;2*1H2,2-4H3;/q;2*-1;+2. The van der Waals surface area contributed by atoms with Gasteiger partial charge in [0, 0.05) is 11.1 Å². The van der Waals surface area contributed by atoms with Gasteiger partial charge in [-0.3, -0.25) is 0 Å². The molecule has 0 spiro atoms. The van der Waals surface area contributed by atoms with Gasteiger partial charge in [-0.1, -0.05) is 167 Å². The van der Waals surface area contributed by atoms with Crippen LogP contribution in [0.25, 0.3) is 0 Å². The second kappa shape index (κ2) is 20.8. The molecule has 51 heavy (non-hydrogen) atoms. The largest absolute Gasteiger partial charge is 2.00 e. The van der Waals surface area contributed by atoms with Crippen LogP contribution >= 0.6 is 23.2 Å². The Hall–Kier alpha value is -3.10. The van der Waals surface area contributed by atoms with Crippen LogP contribution in [-0.2, 0) is 29.9 Å². The predicted molar refractivity (Wildman–Crippen MR) is 227 cm³/mol. The summed E-state index contributed by atoms with van der Waals surface area (Å²) in [5.41, 5.74) is 8.52. The first kappa shape index (κ1) is 44.1. The van der Waals surface area contributed by atoms with Crippen LogP contribution in [0.4, 0.5) is 11.4 Å². The molecule has 4 aromatic carbocycles. The van der Waals surface area contributed by atoms with Crippen LogP contribution in [0.3, 0.4) is 0 Å². The maximum Gasteiger partial charge on any atom is 2.00 e. The summed E-state index contributed by atoms with van der Waals surface area (Å²) in [7, 11) is -1.72. The summed E-state index contributed by atoms with van der Waals surface area (Å²) in [5.74, 6) is 0. The molecule has 0 saturated heterocycles. The average molecular weight is 793 g/mol. The Labute approximate surface area is 330 Å². The average Bonchev–Trinajstić information content (AvgIpc) is 3.06. The molecule has 0 atom stereocenters.